The number of aliphatic hydroxyl groups is 1. The van der Waals surface area contributed by atoms with Gasteiger partial charge in [0.05, 0.1) is 17.8 Å². The summed E-state index contributed by atoms with van der Waals surface area (Å²) in [5, 5.41) is 10.5. The van der Waals surface area contributed by atoms with Gasteiger partial charge < -0.3 is 10.0 Å². The predicted octanol–water partition coefficient (Wildman–Crippen LogP) is 3.21. The maximum absolute atomic E-state index is 9.38. The van der Waals surface area contributed by atoms with Crippen LogP contribution in [-0.2, 0) is 6.61 Å². The number of fused-ring (bicyclic) bond motifs is 1. The van der Waals surface area contributed by atoms with Crippen molar-refractivity contribution in [3.63, 3.8) is 0 Å². The Hall–Kier alpha value is -1.61. The van der Waals surface area contributed by atoms with Crippen LogP contribution >= 0.6 is 0 Å². The fourth-order valence-corrected chi connectivity index (χ4v) is 2.39. The smallest absolute Gasteiger partial charge is 0.0854 e. The third-order valence-electron chi connectivity index (χ3n) is 3.22. The largest absolute Gasteiger partial charge is 0.390 e. The van der Waals surface area contributed by atoms with Crippen molar-refractivity contribution in [1.29, 1.82) is 0 Å². The molecule has 1 N–H and O–H groups in total. The number of nitrogens with zero attached hydrogens (tertiary/aromatic N) is 2. The van der Waals surface area contributed by atoms with Crippen LogP contribution in [0.4, 0.5) is 5.69 Å². The molecule has 1 aromatic carbocycles. The van der Waals surface area contributed by atoms with E-state index in [9.17, 15) is 5.11 Å². The van der Waals surface area contributed by atoms with Crippen LogP contribution in [-0.4, -0.2) is 23.2 Å². The van der Waals surface area contributed by atoms with E-state index in [0.717, 1.165) is 29.7 Å². The van der Waals surface area contributed by atoms with Crippen molar-refractivity contribution in [2.75, 3.05) is 18.0 Å². The van der Waals surface area contributed by atoms with E-state index in [-0.39, 0.29) is 6.61 Å². The summed E-state index contributed by atoms with van der Waals surface area (Å²) in [6, 6.07) is 10.1. The van der Waals surface area contributed by atoms with Crippen LogP contribution in [0.2, 0.25) is 0 Å². The van der Waals surface area contributed by atoms with Crippen LogP contribution in [0.5, 0.6) is 0 Å². The van der Waals surface area contributed by atoms with Crippen molar-refractivity contribution < 1.29 is 5.11 Å². The number of anilines is 1. The first kappa shape index (κ1) is 13.8. The van der Waals surface area contributed by atoms with Gasteiger partial charge in [0.25, 0.3) is 0 Å². The van der Waals surface area contributed by atoms with Gasteiger partial charge in [-0.2, -0.15) is 0 Å². The molecule has 19 heavy (non-hydrogen) atoms. The Kier molecular flexibility index (Phi) is 4.38. The molecule has 3 heteroatoms. The van der Waals surface area contributed by atoms with E-state index in [1.54, 1.807) is 0 Å². The van der Waals surface area contributed by atoms with E-state index in [1.165, 1.54) is 5.69 Å². The van der Waals surface area contributed by atoms with Crippen molar-refractivity contribution in [2.45, 2.75) is 27.4 Å². The Bertz CT molecular complexity index is 551. The number of aromatic nitrogens is 1. The van der Waals surface area contributed by atoms with E-state index in [1.807, 2.05) is 24.3 Å². The Balaban J connectivity index is 2.55. The van der Waals surface area contributed by atoms with Crippen molar-refractivity contribution in [3.05, 3.63) is 36.0 Å². The summed E-state index contributed by atoms with van der Waals surface area (Å²) in [6.07, 6.45) is 0. The molecule has 0 saturated heterocycles. The number of hydrogen-bond acceptors (Lipinski definition) is 3. The molecule has 0 aliphatic heterocycles. The number of para-hydroxylation sites is 1. The highest BCUT2D eigenvalue weighted by molar-refractivity contribution is 5.91. The van der Waals surface area contributed by atoms with Crippen molar-refractivity contribution in [1.82, 2.24) is 4.98 Å². The molecular formula is C16H22N2O. The second-order valence-electron chi connectivity index (χ2n) is 5.24. The highest BCUT2D eigenvalue weighted by Crippen LogP contribution is 2.27. The molecule has 0 aliphatic carbocycles. The standard InChI is InChI=1S/C16H22N2O/c1-4-18(10-12(2)3)16-9-13(11-19)17-15-8-6-5-7-14(15)16/h5-9,12,19H,4,10-11H2,1-3H3. The van der Waals surface area contributed by atoms with Gasteiger partial charge in [-0.05, 0) is 25.0 Å². The molecule has 0 atom stereocenters. The fourth-order valence-electron chi connectivity index (χ4n) is 2.39. The molecule has 3 nitrogen and oxygen atoms in total. The number of rotatable bonds is 5. The van der Waals surface area contributed by atoms with Gasteiger partial charge in [-0.25, -0.2) is 0 Å². The van der Waals surface area contributed by atoms with Gasteiger partial charge >= 0.3 is 0 Å². The van der Waals surface area contributed by atoms with Crippen LogP contribution in [0, 0.1) is 5.92 Å². The highest BCUT2D eigenvalue weighted by atomic mass is 16.3. The SMILES string of the molecule is CCN(CC(C)C)c1cc(CO)nc2ccccc12. The van der Waals surface area contributed by atoms with Gasteiger partial charge in [-0.1, -0.05) is 32.0 Å². The Morgan fingerprint density at radius 1 is 1.26 bits per heavy atom. The average Bonchev–Trinajstić information content (AvgIpc) is 2.43. The second-order valence-corrected chi connectivity index (χ2v) is 5.24. The normalized spacial score (nSPS) is 11.2. The molecule has 0 amide bonds. The summed E-state index contributed by atoms with van der Waals surface area (Å²) < 4.78 is 0. The van der Waals surface area contributed by atoms with Crippen LogP contribution in [0.25, 0.3) is 10.9 Å². The van der Waals surface area contributed by atoms with E-state index in [2.05, 4.69) is 36.7 Å². The molecule has 2 aromatic rings. The molecule has 0 radical (unpaired) electrons. The molecule has 102 valence electrons. The molecule has 0 unspecified atom stereocenters. The molecule has 0 saturated carbocycles. The quantitative estimate of drug-likeness (QED) is 0.894. The maximum atomic E-state index is 9.38. The second kappa shape index (κ2) is 6.02. The highest BCUT2D eigenvalue weighted by Gasteiger charge is 2.12. The summed E-state index contributed by atoms with van der Waals surface area (Å²) >= 11 is 0. The van der Waals surface area contributed by atoms with Gasteiger partial charge in [-0.3, -0.25) is 4.98 Å². The molecule has 0 bridgehead atoms. The molecule has 1 aromatic heterocycles. The predicted molar refractivity (Wildman–Crippen MR) is 80.4 cm³/mol. The number of aliphatic hydroxyl groups excluding tert-OH is 1. The Labute approximate surface area is 114 Å². The summed E-state index contributed by atoms with van der Waals surface area (Å²) in [6.45, 7) is 8.55. The van der Waals surface area contributed by atoms with Crippen LogP contribution in [0.15, 0.2) is 30.3 Å². The molecule has 0 spiro atoms. The molecular weight excluding hydrogens is 236 g/mol. The minimum Gasteiger partial charge on any atom is -0.390 e. The van der Waals surface area contributed by atoms with Gasteiger partial charge in [0.2, 0.25) is 0 Å². The lowest BCUT2D eigenvalue weighted by molar-refractivity contribution is 0.277. The molecule has 0 aliphatic rings. The lowest BCUT2D eigenvalue weighted by Gasteiger charge is -2.26. The van der Waals surface area contributed by atoms with Crippen LogP contribution < -0.4 is 4.90 Å². The zero-order valence-electron chi connectivity index (χ0n) is 11.9. The van der Waals surface area contributed by atoms with E-state index >= 15 is 0 Å². The van der Waals surface area contributed by atoms with Gasteiger partial charge in [0, 0.05) is 24.2 Å². The summed E-state index contributed by atoms with van der Waals surface area (Å²) in [5.74, 6) is 0.601. The summed E-state index contributed by atoms with van der Waals surface area (Å²) in [7, 11) is 0. The number of pyridine rings is 1. The van der Waals surface area contributed by atoms with Gasteiger partial charge in [-0.15, -0.1) is 0 Å². The first-order valence-corrected chi connectivity index (χ1v) is 6.90. The number of hydrogen-bond donors (Lipinski definition) is 1. The molecule has 2 rings (SSSR count). The topological polar surface area (TPSA) is 36.4 Å². The van der Waals surface area contributed by atoms with Crippen molar-refractivity contribution in [3.8, 4) is 0 Å². The molecule has 0 fully saturated rings. The maximum Gasteiger partial charge on any atom is 0.0854 e. The van der Waals surface area contributed by atoms with Crippen molar-refractivity contribution >= 4 is 16.6 Å². The average molecular weight is 258 g/mol. The lowest BCUT2D eigenvalue weighted by atomic mass is 10.1. The minimum atomic E-state index is -0.0168. The summed E-state index contributed by atoms with van der Waals surface area (Å²) in [5.41, 5.74) is 2.85. The van der Waals surface area contributed by atoms with Crippen LogP contribution in [0.1, 0.15) is 26.5 Å². The van der Waals surface area contributed by atoms with Gasteiger partial charge in [0.15, 0.2) is 0 Å². The minimum absolute atomic E-state index is 0.0168. The first-order chi connectivity index (χ1) is 9.15. The first-order valence-electron chi connectivity index (χ1n) is 6.90. The van der Waals surface area contributed by atoms with E-state index < -0.39 is 0 Å². The van der Waals surface area contributed by atoms with E-state index in [4.69, 9.17) is 0 Å². The lowest BCUT2D eigenvalue weighted by Crippen LogP contribution is -2.27. The van der Waals surface area contributed by atoms with E-state index in [0.29, 0.717) is 5.92 Å². The monoisotopic (exact) mass is 258 g/mol. The zero-order chi connectivity index (χ0) is 13.8. The molecule has 1 heterocycles. The number of benzene rings is 1. The third kappa shape index (κ3) is 3.04. The van der Waals surface area contributed by atoms with Gasteiger partial charge in [0.1, 0.15) is 0 Å². The Morgan fingerprint density at radius 3 is 2.63 bits per heavy atom. The zero-order valence-corrected chi connectivity index (χ0v) is 11.9. The Morgan fingerprint density at radius 2 is 2.00 bits per heavy atom. The van der Waals surface area contributed by atoms with Crippen LogP contribution in [0.3, 0.4) is 0 Å². The van der Waals surface area contributed by atoms with Crippen molar-refractivity contribution in [2.24, 2.45) is 5.92 Å². The fraction of sp³-hybridized carbons (Fsp3) is 0.438. The summed E-state index contributed by atoms with van der Waals surface area (Å²) in [4.78, 5) is 6.83. The third-order valence-corrected chi connectivity index (χ3v) is 3.22.